The van der Waals surface area contributed by atoms with Gasteiger partial charge in [-0.05, 0) is 48.5 Å². The lowest BCUT2D eigenvalue weighted by molar-refractivity contribution is 0.247. The summed E-state index contributed by atoms with van der Waals surface area (Å²) < 4.78 is 29.1. The van der Waals surface area contributed by atoms with E-state index in [0.29, 0.717) is 24.6 Å². The van der Waals surface area contributed by atoms with Gasteiger partial charge in [0.05, 0.1) is 21.8 Å². The van der Waals surface area contributed by atoms with Crippen LogP contribution in [0.15, 0.2) is 108 Å². The van der Waals surface area contributed by atoms with Crippen LogP contribution < -0.4 is 9.21 Å². The largest absolute Gasteiger partial charge is 0.508 e. The highest BCUT2D eigenvalue weighted by atomic mass is 32.2. The van der Waals surface area contributed by atoms with Gasteiger partial charge in [0.25, 0.3) is 10.0 Å². The number of phenolic OH excluding ortho intramolecular Hbond substituents is 1. The van der Waals surface area contributed by atoms with Crippen molar-refractivity contribution in [3.05, 3.63) is 109 Å². The third-order valence-electron chi connectivity index (χ3n) is 6.93. The van der Waals surface area contributed by atoms with E-state index in [2.05, 4.69) is 38.0 Å². The summed E-state index contributed by atoms with van der Waals surface area (Å²) in [6, 6.07) is 26.5. The zero-order valence-corrected chi connectivity index (χ0v) is 22.5. The number of hydrogen-bond acceptors (Lipinski definition) is 8. The number of benzene rings is 3. The van der Waals surface area contributed by atoms with Gasteiger partial charge in [-0.1, -0.05) is 42.5 Å². The molecule has 0 aliphatic carbocycles. The highest BCUT2D eigenvalue weighted by Gasteiger charge is 2.32. The second-order valence-corrected chi connectivity index (χ2v) is 11.3. The number of hydrogen-bond donors (Lipinski definition) is 1. The molecule has 202 valence electrons. The molecule has 6 rings (SSSR count). The lowest BCUT2D eigenvalue weighted by Crippen LogP contribution is -2.47. The van der Waals surface area contributed by atoms with E-state index in [1.165, 1.54) is 22.6 Å². The Hall–Kier alpha value is -4.54. The number of anilines is 3. The van der Waals surface area contributed by atoms with Crippen LogP contribution in [-0.2, 0) is 16.6 Å². The molecule has 10 heteroatoms. The summed E-state index contributed by atoms with van der Waals surface area (Å²) in [5, 5.41) is 11.0. The standard InChI is InChI=1S/C30H28N6O3S/c37-26-14-12-25(13-15-26)36(40(38,39)27-7-2-1-3-8-27)30-29(31-16-17-32-30)35-20-18-34(19-21-35)22-24-11-10-23-6-4-5-9-28(23)33-24/h1-17,37H,18-22H2. The smallest absolute Gasteiger partial charge is 0.269 e. The molecule has 9 nitrogen and oxygen atoms in total. The highest BCUT2D eigenvalue weighted by molar-refractivity contribution is 7.93. The first kappa shape index (κ1) is 25.7. The Kier molecular flexibility index (Phi) is 7.02. The van der Waals surface area contributed by atoms with Gasteiger partial charge < -0.3 is 10.0 Å². The summed E-state index contributed by atoms with van der Waals surface area (Å²) >= 11 is 0. The molecule has 0 saturated carbocycles. The van der Waals surface area contributed by atoms with E-state index in [9.17, 15) is 13.5 Å². The minimum atomic E-state index is -4.05. The molecular formula is C30H28N6O3S. The Morgan fingerprint density at radius 1 is 0.775 bits per heavy atom. The van der Waals surface area contributed by atoms with E-state index >= 15 is 0 Å². The molecule has 0 radical (unpaired) electrons. The first-order valence-electron chi connectivity index (χ1n) is 13.0. The third-order valence-corrected chi connectivity index (χ3v) is 8.66. The van der Waals surface area contributed by atoms with Crippen molar-refractivity contribution in [2.45, 2.75) is 11.4 Å². The summed E-state index contributed by atoms with van der Waals surface area (Å²) in [6.07, 6.45) is 3.07. The second kappa shape index (κ2) is 10.9. The van der Waals surface area contributed by atoms with Crippen LogP contribution >= 0.6 is 0 Å². The number of pyridine rings is 1. The van der Waals surface area contributed by atoms with Gasteiger partial charge in [-0.3, -0.25) is 9.88 Å². The summed E-state index contributed by atoms with van der Waals surface area (Å²) in [4.78, 5) is 18.5. The van der Waals surface area contributed by atoms with Crippen molar-refractivity contribution < 1.29 is 13.5 Å². The molecule has 5 aromatic rings. The van der Waals surface area contributed by atoms with Crippen molar-refractivity contribution in [1.29, 1.82) is 0 Å². The fourth-order valence-electron chi connectivity index (χ4n) is 4.89. The molecule has 1 fully saturated rings. The third kappa shape index (κ3) is 5.18. The first-order chi connectivity index (χ1) is 19.5. The Morgan fingerprint density at radius 2 is 1.48 bits per heavy atom. The monoisotopic (exact) mass is 552 g/mol. The Balaban J connectivity index is 1.28. The zero-order valence-electron chi connectivity index (χ0n) is 21.7. The van der Waals surface area contributed by atoms with Gasteiger partial charge in [-0.25, -0.2) is 22.7 Å². The average Bonchev–Trinajstić information content (AvgIpc) is 2.99. The van der Waals surface area contributed by atoms with E-state index < -0.39 is 10.0 Å². The Bertz CT molecular complexity index is 1720. The van der Waals surface area contributed by atoms with Crippen LogP contribution in [-0.4, -0.2) is 59.6 Å². The lowest BCUT2D eigenvalue weighted by Gasteiger charge is -2.36. The number of para-hydroxylation sites is 1. The van der Waals surface area contributed by atoms with Gasteiger partial charge >= 0.3 is 0 Å². The normalized spacial score (nSPS) is 14.3. The maximum atomic E-state index is 14.0. The molecule has 40 heavy (non-hydrogen) atoms. The number of sulfonamides is 1. The van der Waals surface area contributed by atoms with Gasteiger partial charge in [-0.15, -0.1) is 0 Å². The molecule has 0 amide bonds. The molecule has 1 aliphatic heterocycles. The maximum Gasteiger partial charge on any atom is 0.269 e. The highest BCUT2D eigenvalue weighted by Crippen LogP contribution is 2.37. The van der Waals surface area contributed by atoms with E-state index in [1.54, 1.807) is 48.7 Å². The predicted molar refractivity (Wildman–Crippen MR) is 155 cm³/mol. The fraction of sp³-hybridized carbons (Fsp3) is 0.167. The van der Waals surface area contributed by atoms with Crippen molar-refractivity contribution in [3.8, 4) is 5.75 Å². The van der Waals surface area contributed by atoms with Crippen molar-refractivity contribution in [2.75, 3.05) is 35.4 Å². The molecule has 1 aliphatic rings. The molecule has 0 unspecified atom stereocenters. The number of fused-ring (bicyclic) bond motifs is 1. The number of aromatic hydroxyl groups is 1. The van der Waals surface area contributed by atoms with Crippen LogP contribution in [0.1, 0.15) is 5.69 Å². The van der Waals surface area contributed by atoms with Gasteiger partial charge in [-0.2, -0.15) is 0 Å². The summed E-state index contributed by atoms with van der Waals surface area (Å²) in [5.74, 6) is 0.734. The van der Waals surface area contributed by atoms with Crippen LogP contribution in [0.4, 0.5) is 17.3 Å². The van der Waals surface area contributed by atoms with E-state index in [4.69, 9.17) is 4.98 Å². The molecule has 1 saturated heterocycles. The maximum absolute atomic E-state index is 14.0. The van der Waals surface area contributed by atoms with Crippen molar-refractivity contribution in [1.82, 2.24) is 19.9 Å². The SMILES string of the molecule is O=S(=O)(c1ccccc1)N(c1ccc(O)cc1)c1nccnc1N1CCN(Cc2ccc3ccccc3n2)CC1. The second-order valence-electron chi connectivity index (χ2n) is 9.56. The molecule has 2 aromatic heterocycles. The zero-order chi connectivity index (χ0) is 27.5. The Labute approximate surface area is 233 Å². The van der Waals surface area contributed by atoms with E-state index in [-0.39, 0.29) is 16.5 Å². The van der Waals surface area contributed by atoms with Gasteiger partial charge in [0.15, 0.2) is 11.6 Å². The van der Waals surface area contributed by atoms with E-state index in [1.807, 2.05) is 18.2 Å². The van der Waals surface area contributed by atoms with Gasteiger partial charge in [0.1, 0.15) is 5.75 Å². The van der Waals surface area contributed by atoms with Crippen molar-refractivity contribution in [3.63, 3.8) is 0 Å². The Morgan fingerprint density at radius 3 is 2.25 bits per heavy atom. The summed E-state index contributed by atoms with van der Waals surface area (Å²) in [7, 11) is -4.05. The molecule has 3 heterocycles. The minimum Gasteiger partial charge on any atom is -0.508 e. The molecule has 0 atom stereocenters. The van der Waals surface area contributed by atoms with Crippen LogP contribution in [0.2, 0.25) is 0 Å². The quantitative estimate of drug-likeness (QED) is 0.313. The number of nitrogens with zero attached hydrogens (tertiary/aromatic N) is 6. The van der Waals surface area contributed by atoms with Crippen LogP contribution in [0, 0.1) is 0 Å². The number of piperazine rings is 1. The summed E-state index contributed by atoms with van der Waals surface area (Å²) in [5.41, 5.74) is 2.35. The topological polar surface area (TPSA) is 103 Å². The first-order valence-corrected chi connectivity index (χ1v) is 14.5. The lowest BCUT2D eigenvalue weighted by atomic mass is 10.2. The average molecular weight is 553 g/mol. The fourth-order valence-corrected chi connectivity index (χ4v) is 6.36. The van der Waals surface area contributed by atoms with Crippen LogP contribution in [0.25, 0.3) is 10.9 Å². The predicted octanol–water partition coefficient (Wildman–Crippen LogP) is 4.58. The van der Waals surface area contributed by atoms with Gasteiger partial charge in [0, 0.05) is 50.5 Å². The number of phenols is 1. The molecule has 1 N–H and O–H groups in total. The molecular weight excluding hydrogens is 524 g/mol. The van der Waals surface area contributed by atoms with Gasteiger partial charge in [0.2, 0.25) is 0 Å². The molecule has 0 bridgehead atoms. The van der Waals surface area contributed by atoms with Crippen molar-refractivity contribution >= 4 is 38.2 Å². The molecule has 3 aromatic carbocycles. The number of aromatic nitrogens is 3. The number of rotatable bonds is 7. The van der Waals surface area contributed by atoms with Crippen molar-refractivity contribution in [2.24, 2.45) is 0 Å². The van der Waals surface area contributed by atoms with Crippen LogP contribution in [0.5, 0.6) is 5.75 Å². The summed E-state index contributed by atoms with van der Waals surface area (Å²) in [6.45, 7) is 3.54. The van der Waals surface area contributed by atoms with E-state index in [0.717, 1.165) is 36.2 Å². The van der Waals surface area contributed by atoms with Crippen LogP contribution in [0.3, 0.4) is 0 Å². The minimum absolute atomic E-state index is 0.0391. The molecule has 0 spiro atoms.